The molecule has 0 fully saturated rings. The molecule has 31 heavy (non-hydrogen) atoms. The standard InChI is InChI=1S/C23H24ClN3O4/c1-3-26(4-2)9-10-27-18-13-15(21(25)28)12-17(24)19(18)23(30,22(27)29)16-7-5-6-14-8-11-31-20(14)16/h5-8,11-13,30H,3-4,9-10H2,1-2H3,(H2,25,28). The summed E-state index contributed by atoms with van der Waals surface area (Å²) in [6, 6.07) is 9.91. The van der Waals surface area contributed by atoms with Gasteiger partial charge in [0.15, 0.2) is 0 Å². The lowest BCUT2D eigenvalue weighted by Gasteiger charge is -2.26. The van der Waals surface area contributed by atoms with Crippen molar-refractivity contribution in [1.82, 2.24) is 4.90 Å². The van der Waals surface area contributed by atoms with Gasteiger partial charge >= 0.3 is 0 Å². The van der Waals surface area contributed by atoms with Crippen LogP contribution in [0.4, 0.5) is 5.69 Å². The molecule has 1 aromatic heterocycles. The summed E-state index contributed by atoms with van der Waals surface area (Å²) in [7, 11) is 0. The second-order valence-corrected chi connectivity index (χ2v) is 7.96. The van der Waals surface area contributed by atoms with E-state index in [0.717, 1.165) is 18.5 Å². The number of furan rings is 1. The monoisotopic (exact) mass is 441 g/mol. The third-order valence-electron chi connectivity index (χ3n) is 5.96. The van der Waals surface area contributed by atoms with Crippen molar-refractivity contribution in [3.8, 4) is 0 Å². The number of halogens is 1. The summed E-state index contributed by atoms with van der Waals surface area (Å²) < 4.78 is 5.60. The molecule has 3 aromatic rings. The van der Waals surface area contributed by atoms with Gasteiger partial charge in [-0.15, -0.1) is 0 Å². The van der Waals surface area contributed by atoms with E-state index in [-0.39, 0.29) is 16.1 Å². The summed E-state index contributed by atoms with van der Waals surface area (Å²) in [5.74, 6) is -1.20. The minimum atomic E-state index is -2.05. The Morgan fingerprint density at radius 3 is 2.68 bits per heavy atom. The third-order valence-corrected chi connectivity index (χ3v) is 6.26. The molecule has 2 heterocycles. The van der Waals surface area contributed by atoms with Crippen molar-refractivity contribution in [2.24, 2.45) is 5.73 Å². The second kappa shape index (κ2) is 8.00. The second-order valence-electron chi connectivity index (χ2n) is 7.56. The average molecular weight is 442 g/mol. The molecular formula is C23H24ClN3O4. The number of hydrogen-bond acceptors (Lipinski definition) is 5. The summed E-state index contributed by atoms with van der Waals surface area (Å²) in [4.78, 5) is 29.2. The van der Waals surface area contributed by atoms with Crippen molar-refractivity contribution in [1.29, 1.82) is 0 Å². The van der Waals surface area contributed by atoms with Gasteiger partial charge in [-0.1, -0.05) is 43.6 Å². The first-order valence-corrected chi connectivity index (χ1v) is 10.6. The third kappa shape index (κ3) is 3.29. The van der Waals surface area contributed by atoms with E-state index in [4.69, 9.17) is 21.8 Å². The van der Waals surface area contributed by atoms with E-state index in [0.29, 0.717) is 29.9 Å². The Hall–Kier alpha value is -2.87. The maximum Gasteiger partial charge on any atom is 0.268 e. The molecule has 2 amide bonds. The zero-order chi connectivity index (χ0) is 22.3. The highest BCUT2D eigenvalue weighted by Crippen LogP contribution is 2.49. The molecule has 0 spiro atoms. The quantitative estimate of drug-likeness (QED) is 0.586. The normalized spacial score (nSPS) is 18.2. The van der Waals surface area contributed by atoms with Crippen molar-refractivity contribution < 1.29 is 19.1 Å². The number of anilines is 1. The summed E-state index contributed by atoms with van der Waals surface area (Å²) in [5.41, 5.74) is 4.91. The largest absolute Gasteiger partial charge is 0.464 e. The van der Waals surface area contributed by atoms with E-state index in [9.17, 15) is 14.7 Å². The molecule has 0 saturated heterocycles. The molecule has 0 bridgehead atoms. The van der Waals surface area contributed by atoms with Gasteiger partial charge in [0.05, 0.1) is 17.0 Å². The zero-order valence-electron chi connectivity index (χ0n) is 17.4. The summed E-state index contributed by atoms with van der Waals surface area (Å²) >= 11 is 6.54. The minimum absolute atomic E-state index is 0.0936. The number of nitrogens with zero attached hydrogens (tertiary/aromatic N) is 2. The molecule has 0 radical (unpaired) electrons. The van der Waals surface area contributed by atoms with Gasteiger partial charge in [-0.05, 0) is 31.3 Å². The van der Waals surface area contributed by atoms with E-state index >= 15 is 0 Å². The van der Waals surface area contributed by atoms with Crippen LogP contribution in [0.25, 0.3) is 11.0 Å². The van der Waals surface area contributed by atoms with Crippen LogP contribution < -0.4 is 10.6 Å². The fourth-order valence-corrected chi connectivity index (χ4v) is 4.60. The van der Waals surface area contributed by atoms with Gasteiger partial charge < -0.3 is 25.1 Å². The van der Waals surface area contributed by atoms with E-state index in [1.165, 1.54) is 23.3 Å². The number of likely N-dealkylation sites (N-methyl/N-ethyl adjacent to an activating group) is 1. The van der Waals surface area contributed by atoms with Crippen molar-refractivity contribution in [3.05, 3.63) is 64.4 Å². The van der Waals surface area contributed by atoms with Crippen LogP contribution in [0.5, 0.6) is 0 Å². The maximum atomic E-state index is 13.7. The molecular weight excluding hydrogens is 418 g/mol. The van der Waals surface area contributed by atoms with Gasteiger partial charge in [-0.3, -0.25) is 9.59 Å². The lowest BCUT2D eigenvalue weighted by atomic mass is 9.86. The Kier molecular flexibility index (Phi) is 5.51. The molecule has 3 N–H and O–H groups in total. The van der Waals surface area contributed by atoms with Crippen LogP contribution in [0.1, 0.15) is 35.3 Å². The number of nitrogens with two attached hydrogens (primary N) is 1. The number of hydrogen-bond donors (Lipinski definition) is 2. The van der Waals surface area contributed by atoms with E-state index < -0.39 is 17.4 Å². The van der Waals surface area contributed by atoms with Crippen molar-refractivity contribution >= 4 is 40.1 Å². The summed E-state index contributed by atoms with van der Waals surface area (Å²) in [6.07, 6.45) is 1.51. The molecule has 1 unspecified atom stereocenters. The molecule has 1 atom stereocenters. The van der Waals surface area contributed by atoms with Crippen LogP contribution >= 0.6 is 11.6 Å². The number of amides is 2. The highest BCUT2D eigenvalue weighted by atomic mass is 35.5. The van der Waals surface area contributed by atoms with Crippen molar-refractivity contribution in [2.45, 2.75) is 19.4 Å². The predicted octanol–water partition coefficient (Wildman–Crippen LogP) is 3.11. The zero-order valence-corrected chi connectivity index (χ0v) is 18.1. The number of benzene rings is 2. The van der Waals surface area contributed by atoms with Crippen molar-refractivity contribution in [2.75, 3.05) is 31.1 Å². The molecule has 8 heteroatoms. The van der Waals surface area contributed by atoms with Gasteiger partial charge in [0.25, 0.3) is 5.91 Å². The highest BCUT2D eigenvalue weighted by molar-refractivity contribution is 6.34. The van der Waals surface area contributed by atoms with E-state index in [1.54, 1.807) is 18.2 Å². The molecule has 162 valence electrons. The number of aliphatic hydroxyl groups is 1. The van der Waals surface area contributed by atoms with Gasteiger partial charge in [0.1, 0.15) is 5.58 Å². The van der Waals surface area contributed by atoms with E-state index in [1.807, 2.05) is 19.9 Å². The Labute approximate surface area is 185 Å². The van der Waals surface area contributed by atoms with Crippen LogP contribution in [0, 0.1) is 0 Å². The van der Waals surface area contributed by atoms with Crippen molar-refractivity contribution in [3.63, 3.8) is 0 Å². The molecule has 4 rings (SSSR count). The number of carbonyl (C=O) groups is 2. The molecule has 0 saturated carbocycles. The maximum absolute atomic E-state index is 13.7. The number of carbonyl (C=O) groups excluding carboxylic acids is 2. The Morgan fingerprint density at radius 2 is 2.00 bits per heavy atom. The topological polar surface area (TPSA) is 100 Å². The molecule has 2 aromatic carbocycles. The van der Waals surface area contributed by atoms with Crippen LogP contribution in [0.2, 0.25) is 5.02 Å². The van der Waals surface area contributed by atoms with Gasteiger partial charge in [-0.2, -0.15) is 0 Å². The number of primary amides is 1. The Bertz CT molecular complexity index is 1170. The van der Waals surface area contributed by atoms with Crippen LogP contribution in [-0.4, -0.2) is 48.0 Å². The lowest BCUT2D eigenvalue weighted by molar-refractivity contribution is -0.132. The van der Waals surface area contributed by atoms with Gasteiger partial charge in [0, 0.05) is 35.2 Å². The predicted molar refractivity (Wildman–Crippen MR) is 119 cm³/mol. The van der Waals surface area contributed by atoms with Crippen LogP contribution in [0.3, 0.4) is 0 Å². The minimum Gasteiger partial charge on any atom is -0.464 e. The van der Waals surface area contributed by atoms with Gasteiger partial charge in [0.2, 0.25) is 11.5 Å². The fourth-order valence-electron chi connectivity index (χ4n) is 4.25. The highest BCUT2D eigenvalue weighted by Gasteiger charge is 2.53. The SMILES string of the molecule is CCN(CC)CCN1C(=O)C(O)(c2cccc3ccoc23)c2c(Cl)cc(C(N)=O)cc21. The fraction of sp³-hybridized carbons (Fsp3) is 0.304. The number of para-hydroxylation sites is 1. The van der Waals surface area contributed by atoms with Gasteiger partial charge in [-0.25, -0.2) is 0 Å². The molecule has 0 aliphatic carbocycles. The smallest absolute Gasteiger partial charge is 0.268 e. The van der Waals surface area contributed by atoms with Crippen LogP contribution in [-0.2, 0) is 10.4 Å². The number of fused-ring (bicyclic) bond motifs is 2. The molecule has 7 nitrogen and oxygen atoms in total. The molecule has 1 aliphatic heterocycles. The average Bonchev–Trinajstić information content (AvgIpc) is 3.31. The first-order valence-electron chi connectivity index (χ1n) is 10.2. The van der Waals surface area contributed by atoms with Crippen LogP contribution in [0.15, 0.2) is 47.1 Å². The molecule has 1 aliphatic rings. The Morgan fingerprint density at radius 1 is 1.26 bits per heavy atom. The summed E-state index contributed by atoms with van der Waals surface area (Å²) in [5, 5.41) is 12.7. The first-order chi connectivity index (χ1) is 14.8. The number of rotatable bonds is 7. The first kappa shape index (κ1) is 21.4. The summed E-state index contributed by atoms with van der Waals surface area (Å²) in [6.45, 7) is 6.64. The van der Waals surface area contributed by atoms with E-state index in [2.05, 4.69) is 4.90 Å². The Balaban J connectivity index is 1.92. The lowest BCUT2D eigenvalue weighted by Crippen LogP contribution is -2.44.